The summed E-state index contributed by atoms with van der Waals surface area (Å²) in [6, 6.07) is 9.14. The number of Topliss-reactive ketones (excluding diaryl/α,β-unsaturated/α-hetero) is 1. The summed E-state index contributed by atoms with van der Waals surface area (Å²) >= 11 is 0. The van der Waals surface area contributed by atoms with E-state index in [0.717, 1.165) is 6.07 Å². The summed E-state index contributed by atoms with van der Waals surface area (Å²) < 4.78 is 5.21. The summed E-state index contributed by atoms with van der Waals surface area (Å²) in [5.41, 5.74) is -0.0769. The van der Waals surface area contributed by atoms with Gasteiger partial charge >= 0.3 is 0 Å². The van der Waals surface area contributed by atoms with Crippen LogP contribution in [-0.4, -0.2) is 63.1 Å². The zero-order valence-electron chi connectivity index (χ0n) is 15.8. The molecule has 0 spiro atoms. The van der Waals surface area contributed by atoms with Crippen LogP contribution in [0.5, 0.6) is 0 Å². The van der Waals surface area contributed by atoms with Crippen molar-refractivity contribution in [1.82, 2.24) is 9.88 Å². The van der Waals surface area contributed by atoms with Gasteiger partial charge in [0.25, 0.3) is 17.4 Å². The molecule has 10 nitrogen and oxygen atoms in total. The van der Waals surface area contributed by atoms with Gasteiger partial charge in [0.1, 0.15) is 11.8 Å². The number of carbonyl (C=O) groups is 2. The normalized spacial score (nSPS) is 18.0. The highest BCUT2D eigenvalue weighted by molar-refractivity contribution is 6.46. The quantitative estimate of drug-likeness (QED) is 0.165. The zero-order valence-corrected chi connectivity index (χ0v) is 15.8. The van der Waals surface area contributed by atoms with Crippen LogP contribution in [0.4, 0.5) is 5.69 Å². The smallest absolute Gasteiger partial charge is 0.295 e. The van der Waals surface area contributed by atoms with Gasteiger partial charge in [-0.25, -0.2) is 0 Å². The third-order valence-corrected chi connectivity index (χ3v) is 4.55. The fourth-order valence-corrected chi connectivity index (χ4v) is 3.21. The topological polar surface area (TPSA) is 143 Å². The predicted octanol–water partition coefficient (Wildman–Crippen LogP) is 1.42. The first-order chi connectivity index (χ1) is 14.5. The average Bonchev–Trinajstić information content (AvgIpc) is 3.01. The van der Waals surface area contributed by atoms with Crippen molar-refractivity contribution < 1.29 is 29.5 Å². The Hall–Kier alpha value is -3.63. The lowest BCUT2D eigenvalue weighted by Gasteiger charge is -2.24. The molecule has 0 bridgehead atoms. The van der Waals surface area contributed by atoms with Gasteiger partial charge in [-0.1, -0.05) is 18.2 Å². The zero-order chi connectivity index (χ0) is 21.7. The van der Waals surface area contributed by atoms with Crippen molar-refractivity contribution in [1.29, 1.82) is 0 Å². The number of benzene rings is 1. The van der Waals surface area contributed by atoms with E-state index in [4.69, 9.17) is 9.84 Å². The van der Waals surface area contributed by atoms with Crippen molar-refractivity contribution >= 4 is 23.1 Å². The molecule has 10 heteroatoms. The number of aliphatic hydroxyl groups excluding tert-OH is 2. The molecule has 2 N–H and O–H groups in total. The molecule has 1 atom stereocenters. The number of hydrogen-bond acceptors (Lipinski definition) is 8. The number of ether oxygens (including phenoxy) is 1. The number of pyridine rings is 1. The lowest BCUT2D eigenvalue weighted by atomic mass is 9.98. The van der Waals surface area contributed by atoms with E-state index in [1.807, 2.05) is 0 Å². The highest BCUT2D eigenvalue weighted by Gasteiger charge is 2.46. The second-order valence-corrected chi connectivity index (χ2v) is 6.39. The Bertz CT molecular complexity index is 991. The molecule has 156 valence electrons. The van der Waals surface area contributed by atoms with Crippen molar-refractivity contribution in [2.75, 3.05) is 26.4 Å². The second-order valence-electron chi connectivity index (χ2n) is 6.39. The van der Waals surface area contributed by atoms with Crippen LogP contribution in [0, 0.1) is 10.1 Å². The van der Waals surface area contributed by atoms with Crippen LogP contribution in [0.25, 0.3) is 5.76 Å². The van der Waals surface area contributed by atoms with Crippen LogP contribution >= 0.6 is 0 Å². The number of aromatic nitrogens is 1. The maximum absolute atomic E-state index is 12.8. The average molecular weight is 413 g/mol. The van der Waals surface area contributed by atoms with E-state index in [2.05, 4.69) is 4.98 Å². The number of hydrogen-bond donors (Lipinski definition) is 2. The highest BCUT2D eigenvalue weighted by Crippen LogP contribution is 2.38. The molecule has 1 aromatic carbocycles. The maximum Gasteiger partial charge on any atom is 0.295 e. The van der Waals surface area contributed by atoms with E-state index in [1.54, 1.807) is 18.2 Å². The second kappa shape index (κ2) is 9.25. The van der Waals surface area contributed by atoms with E-state index in [1.165, 1.54) is 29.3 Å². The van der Waals surface area contributed by atoms with Gasteiger partial charge in [-0.3, -0.25) is 24.7 Å². The monoisotopic (exact) mass is 413 g/mol. The number of carbonyl (C=O) groups excluding carboxylic acids is 2. The van der Waals surface area contributed by atoms with Gasteiger partial charge in [0.15, 0.2) is 0 Å². The fourth-order valence-electron chi connectivity index (χ4n) is 3.21. The minimum Gasteiger partial charge on any atom is -0.507 e. The molecule has 1 fully saturated rings. The lowest BCUT2D eigenvalue weighted by Crippen LogP contribution is -2.33. The van der Waals surface area contributed by atoms with Gasteiger partial charge in [-0.15, -0.1) is 0 Å². The van der Waals surface area contributed by atoms with Crippen LogP contribution in [0.1, 0.15) is 17.3 Å². The maximum atomic E-state index is 12.8. The Morgan fingerprint density at radius 2 is 2.00 bits per heavy atom. The number of ketones is 1. The minimum atomic E-state index is -0.983. The summed E-state index contributed by atoms with van der Waals surface area (Å²) in [7, 11) is 0. The molecule has 1 unspecified atom stereocenters. The van der Waals surface area contributed by atoms with Crippen LogP contribution in [0.15, 0.2) is 54.2 Å². The summed E-state index contributed by atoms with van der Waals surface area (Å²) in [5.74, 6) is -2.28. The van der Waals surface area contributed by atoms with Gasteiger partial charge in [-0.05, 0) is 12.1 Å². The summed E-state index contributed by atoms with van der Waals surface area (Å²) in [5, 5.41) is 30.7. The van der Waals surface area contributed by atoms with Gasteiger partial charge in [0.05, 0.1) is 36.0 Å². The van der Waals surface area contributed by atoms with E-state index in [0.29, 0.717) is 5.69 Å². The van der Waals surface area contributed by atoms with Gasteiger partial charge in [0.2, 0.25) is 0 Å². The molecule has 2 aromatic rings. The molecule has 0 radical (unpaired) electrons. The molecule has 1 aliphatic heterocycles. The SMILES string of the molecule is O=C1C(=O)N(CCOCCO)C(c2ccccn2)/C1=C(\O)c1cccc([N+](=O)[O-])c1. The summed E-state index contributed by atoms with van der Waals surface area (Å²) in [4.78, 5) is 41.3. The summed E-state index contributed by atoms with van der Waals surface area (Å²) in [6.45, 7) is -0.0214. The van der Waals surface area contributed by atoms with Crippen molar-refractivity contribution in [2.45, 2.75) is 6.04 Å². The molecular formula is C20H19N3O7. The molecule has 30 heavy (non-hydrogen) atoms. The van der Waals surface area contributed by atoms with Gasteiger partial charge in [0, 0.05) is 30.4 Å². The number of rotatable bonds is 8. The van der Waals surface area contributed by atoms with Crippen LogP contribution in [0.2, 0.25) is 0 Å². The molecule has 1 saturated heterocycles. The van der Waals surface area contributed by atoms with Crippen LogP contribution in [0.3, 0.4) is 0 Å². The summed E-state index contributed by atoms with van der Waals surface area (Å²) in [6.07, 6.45) is 1.49. The number of likely N-dealkylation sites (tertiary alicyclic amines) is 1. The first-order valence-corrected chi connectivity index (χ1v) is 9.08. The van der Waals surface area contributed by atoms with Crippen LogP contribution < -0.4 is 0 Å². The number of nitro groups is 1. The van der Waals surface area contributed by atoms with E-state index in [-0.39, 0.29) is 43.2 Å². The van der Waals surface area contributed by atoms with Crippen molar-refractivity contribution in [2.24, 2.45) is 0 Å². The molecule has 2 heterocycles. The third-order valence-electron chi connectivity index (χ3n) is 4.55. The molecule has 1 amide bonds. The molecule has 3 rings (SSSR count). The van der Waals surface area contributed by atoms with Crippen molar-refractivity contribution in [3.8, 4) is 0 Å². The molecule has 1 aromatic heterocycles. The van der Waals surface area contributed by atoms with E-state index < -0.39 is 28.4 Å². The third kappa shape index (κ3) is 4.19. The number of non-ortho nitro benzene ring substituents is 1. The number of aliphatic hydroxyl groups is 2. The van der Waals surface area contributed by atoms with Gasteiger partial charge in [-0.2, -0.15) is 0 Å². The first kappa shape index (κ1) is 21.1. The van der Waals surface area contributed by atoms with Crippen molar-refractivity contribution in [3.05, 3.63) is 75.6 Å². The molecular weight excluding hydrogens is 394 g/mol. The molecule has 0 saturated carbocycles. The lowest BCUT2D eigenvalue weighted by molar-refractivity contribution is -0.384. The van der Waals surface area contributed by atoms with E-state index >= 15 is 0 Å². The molecule has 0 aliphatic carbocycles. The first-order valence-electron chi connectivity index (χ1n) is 9.08. The number of amides is 1. The Labute approximate surface area is 171 Å². The fraction of sp³-hybridized carbons (Fsp3) is 0.250. The van der Waals surface area contributed by atoms with E-state index in [9.17, 15) is 24.8 Å². The van der Waals surface area contributed by atoms with Crippen LogP contribution in [-0.2, 0) is 14.3 Å². The Morgan fingerprint density at radius 1 is 1.20 bits per heavy atom. The Balaban J connectivity index is 2.07. The largest absolute Gasteiger partial charge is 0.507 e. The molecule has 1 aliphatic rings. The number of nitro benzene ring substituents is 1. The standard InChI is InChI=1S/C20H19N3O7/c24-9-11-30-10-8-22-17(15-6-1-2-7-21-15)16(19(26)20(22)27)18(25)13-4-3-5-14(12-13)23(28)29/h1-7,12,17,24-25H,8-11H2/b18-16+. The van der Waals surface area contributed by atoms with Gasteiger partial charge < -0.3 is 19.8 Å². The number of nitrogens with zero attached hydrogens (tertiary/aromatic N) is 3. The Kier molecular flexibility index (Phi) is 6.50. The van der Waals surface area contributed by atoms with Crippen molar-refractivity contribution in [3.63, 3.8) is 0 Å². The predicted molar refractivity (Wildman–Crippen MR) is 104 cm³/mol. The highest BCUT2D eigenvalue weighted by atomic mass is 16.6. The Morgan fingerprint density at radius 3 is 2.67 bits per heavy atom. The minimum absolute atomic E-state index is 0.0253.